The first-order valence-corrected chi connectivity index (χ1v) is 11.1. The van der Waals surface area contributed by atoms with E-state index in [0.717, 1.165) is 48.9 Å². The fourth-order valence-electron chi connectivity index (χ4n) is 4.23. The van der Waals surface area contributed by atoms with Gasteiger partial charge in [-0.15, -0.1) is 0 Å². The van der Waals surface area contributed by atoms with E-state index in [1.165, 1.54) is 0 Å². The minimum absolute atomic E-state index is 0.0230. The molecule has 164 valence electrons. The van der Waals surface area contributed by atoms with E-state index in [4.69, 9.17) is 21.1 Å². The molecule has 1 saturated heterocycles. The van der Waals surface area contributed by atoms with Crippen molar-refractivity contribution < 1.29 is 9.21 Å². The van der Waals surface area contributed by atoms with E-state index < -0.39 is 0 Å². The average molecular weight is 450 g/mol. The van der Waals surface area contributed by atoms with Crippen molar-refractivity contribution in [2.45, 2.75) is 12.5 Å². The lowest BCUT2D eigenvalue weighted by Crippen LogP contribution is -2.49. The van der Waals surface area contributed by atoms with Crippen molar-refractivity contribution in [3.8, 4) is 0 Å². The highest BCUT2D eigenvalue weighted by molar-refractivity contribution is 6.30. The zero-order chi connectivity index (χ0) is 21.9. The van der Waals surface area contributed by atoms with E-state index in [2.05, 4.69) is 20.9 Å². The molecule has 1 fully saturated rings. The first-order valence-electron chi connectivity index (χ1n) is 10.7. The van der Waals surface area contributed by atoms with Gasteiger partial charge < -0.3 is 9.32 Å². The molecular formula is C24H24ClN5O2. The topological polar surface area (TPSA) is 65.2 Å². The van der Waals surface area contributed by atoms with Crippen molar-refractivity contribution in [3.05, 3.63) is 83.5 Å². The fraction of sp³-hybridized carbons (Fsp3) is 0.292. The van der Waals surface area contributed by atoms with Gasteiger partial charge in [-0.1, -0.05) is 23.7 Å². The lowest BCUT2D eigenvalue weighted by atomic mass is 10.0. The smallest absolute Gasteiger partial charge is 0.257 e. The van der Waals surface area contributed by atoms with E-state index in [-0.39, 0.29) is 11.9 Å². The Balaban J connectivity index is 1.28. The molecule has 0 bridgehead atoms. The number of amides is 1. The third-order valence-corrected chi connectivity index (χ3v) is 6.21. The molecule has 8 heteroatoms. The van der Waals surface area contributed by atoms with Crippen LogP contribution >= 0.6 is 11.6 Å². The summed E-state index contributed by atoms with van der Waals surface area (Å²) in [6.07, 6.45) is 5.90. The number of carbonyl (C=O) groups excluding carboxylic acids is 1. The van der Waals surface area contributed by atoms with E-state index in [0.29, 0.717) is 18.0 Å². The number of hydrogen-bond donors (Lipinski definition) is 0. The second-order valence-electron chi connectivity index (χ2n) is 8.00. The van der Waals surface area contributed by atoms with Crippen LogP contribution in [0.15, 0.2) is 76.7 Å². The SMILES string of the molecule is O=C(CN1CCN(c2cccnc2)CC1)N1N=C(c2ccc(Cl)cc2)CC1c1ccco1. The van der Waals surface area contributed by atoms with Crippen molar-refractivity contribution in [1.82, 2.24) is 14.9 Å². The highest BCUT2D eigenvalue weighted by atomic mass is 35.5. The van der Waals surface area contributed by atoms with Gasteiger partial charge in [0.25, 0.3) is 5.91 Å². The Morgan fingerprint density at radius 2 is 1.88 bits per heavy atom. The van der Waals surface area contributed by atoms with Gasteiger partial charge in [0.2, 0.25) is 0 Å². The first kappa shape index (κ1) is 20.7. The van der Waals surface area contributed by atoms with Gasteiger partial charge in [-0.3, -0.25) is 14.7 Å². The molecule has 4 heterocycles. The summed E-state index contributed by atoms with van der Waals surface area (Å²) in [6, 6.07) is 15.1. The van der Waals surface area contributed by atoms with Crippen LogP contribution in [0.2, 0.25) is 5.02 Å². The van der Waals surface area contributed by atoms with Gasteiger partial charge in [-0.05, 0) is 42.0 Å². The van der Waals surface area contributed by atoms with Crippen molar-refractivity contribution in [2.75, 3.05) is 37.6 Å². The molecule has 7 nitrogen and oxygen atoms in total. The van der Waals surface area contributed by atoms with Crippen LogP contribution in [-0.2, 0) is 4.79 Å². The molecule has 5 rings (SSSR count). The minimum Gasteiger partial charge on any atom is -0.467 e. The highest BCUT2D eigenvalue weighted by Crippen LogP contribution is 2.33. The van der Waals surface area contributed by atoms with Gasteiger partial charge in [0.15, 0.2) is 0 Å². The van der Waals surface area contributed by atoms with Crippen LogP contribution in [-0.4, -0.2) is 59.2 Å². The highest BCUT2D eigenvalue weighted by Gasteiger charge is 2.35. The number of rotatable bonds is 5. The molecule has 1 unspecified atom stereocenters. The molecule has 1 aromatic carbocycles. The summed E-state index contributed by atoms with van der Waals surface area (Å²) in [4.78, 5) is 22.0. The predicted octanol–water partition coefficient (Wildman–Crippen LogP) is 3.83. The number of nitrogens with zero attached hydrogens (tertiary/aromatic N) is 5. The number of anilines is 1. The Morgan fingerprint density at radius 3 is 2.56 bits per heavy atom. The molecule has 2 aliphatic rings. The summed E-state index contributed by atoms with van der Waals surface area (Å²) in [6.45, 7) is 3.68. The molecule has 0 saturated carbocycles. The molecule has 0 radical (unpaired) electrons. The van der Waals surface area contributed by atoms with E-state index >= 15 is 0 Å². The largest absolute Gasteiger partial charge is 0.467 e. The summed E-state index contributed by atoms with van der Waals surface area (Å²) in [5, 5.41) is 6.97. The molecule has 3 aromatic rings. The summed E-state index contributed by atoms with van der Waals surface area (Å²) < 4.78 is 5.64. The second kappa shape index (κ2) is 9.14. The third-order valence-electron chi connectivity index (χ3n) is 5.96. The molecule has 0 N–H and O–H groups in total. The summed E-state index contributed by atoms with van der Waals surface area (Å²) >= 11 is 6.03. The Morgan fingerprint density at radius 1 is 1.06 bits per heavy atom. The molecule has 1 atom stereocenters. The lowest BCUT2D eigenvalue weighted by molar-refractivity contribution is -0.134. The van der Waals surface area contributed by atoms with Crippen molar-refractivity contribution in [1.29, 1.82) is 0 Å². The molecule has 32 heavy (non-hydrogen) atoms. The average Bonchev–Trinajstić information content (AvgIpc) is 3.51. The molecule has 1 amide bonds. The van der Waals surface area contributed by atoms with Crippen molar-refractivity contribution >= 4 is 28.9 Å². The normalized spacial score (nSPS) is 19.3. The number of pyridine rings is 1. The number of carbonyl (C=O) groups is 1. The monoisotopic (exact) mass is 449 g/mol. The number of aromatic nitrogens is 1. The van der Waals surface area contributed by atoms with Crippen LogP contribution in [0.3, 0.4) is 0 Å². The van der Waals surface area contributed by atoms with Gasteiger partial charge in [0.1, 0.15) is 11.8 Å². The quantitative estimate of drug-likeness (QED) is 0.592. The van der Waals surface area contributed by atoms with Gasteiger partial charge in [0.05, 0.1) is 30.4 Å². The van der Waals surface area contributed by atoms with Gasteiger partial charge in [0, 0.05) is 43.8 Å². The Hall–Kier alpha value is -3.16. The molecular weight excluding hydrogens is 426 g/mol. The Labute approximate surface area is 191 Å². The summed E-state index contributed by atoms with van der Waals surface area (Å²) in [5.41, 5.74) is 2.94. The predicted molar refractivity (Wildman–Crippen MR) is 124 cm³/mol. The van der Waals surface area contributed by atoms with Crippen molar-refractivity contribution in [2.24, 2.45) is 5.10 Å². The number of hydrazone groups is 1. The Bertz CT molecular complexity index is 1080. The number of furan rings is 1. The Kier molecular flexibility index (Phi) is 5.92. The van der Waals surface area contributed by atoms with Crippen LogP contribution in [0, 0.1) is 0 Å². The van der Waals surface area contributed by atoms with E-state index in [1.807, 2.05) is 48.7 Å². The summed E-state index contributed by atoms with van der Waals surface area (Å²) in [7, 11) is 0. The van der Waals surface area contributed by atoms with Gasteiger partial charge in [-0.25, -0.2) is 5.01 Å². The maximum absolute atomic E-state index is 13.3. The number of piperazine rings is 1. The van der Waals surface area contributed by atoms with Crippen LogP contribution in [0.1, 0.15) is 23.8 Å². The van der Waals surface area contributed by atoms with Crippen LogP contribution in [0.4, 0.5) is 5.69 Å². The van der Waals surface area contributed by atoms with E-state index in [1.54, 1.807) is 17.5 Å². The first-order chi connectivity index (χ1) is 15.7. The maximum atomic E-state index is 13.3. The van der Waals surface area contributed by atoms with Crippen LogP contribution < -0.4 is 4.90 Å². The molecule has 0 spiro atoms. The zero-order valence-corrected chi connectivity index (χ0v) is 18.4. The van der Waals surface area contributed by atoms with Crippen LogP contribution in [0.5, 0.6) is 0 Å². The van der Waals surface area contributed by atoms with E-state index in [9.17, 15) is 4.79 Å². The number of hydrogen-bond acceptors (Lipinski definition) is 6. The zero-order valence-electron chi connectivity index (χ0n) is 17.6. The standard InChI is InChI=1S/C24H24ClN5O2/c25-19-7-5-18(6-8-19)21-15-22(23-4-2-14-32-23)30(27-21)24(31)17-28-10-12-29(13-11-28)20-3-1-9-26-16-20/h1-9,14,16,22H,10-13,15,17H2. The van der Waals surface area contributed by atoms with Gasteiger partial charge in [-0.2, -0.15) is 5.10 Å². The fourth-order valence-corrected chi connectivity index (χ4v) is 4.35. The van der Waals surface area contributed by atoms with Gasteiger partial charge >= 0.3 is 0 Å². The number of halogens is 1. The summed E-state index contributed by atoms with van der Waals surface area (Å²) in [5.74, 6) is 0.720. The molecule has 2 aromatic heterocycles. The maximum Gasteiger partial charge on any atom is 0.257 e. The van der Waals surface area contributed by atoms with Crippen molar-refractivity contribution in [3.63, 3.8) is 0 Å². The number of benzene rings is 1. The lowest BCUT2D eigenvalue weighted by Gasteiger charge is -2.36. The molecule has 0 aliphatic carbocycles. The third kappa shape index (κ3) is 4.40. The molecule has 2 aliphatic heterocycles. The second-order valence-corrected chi connectivity index (χ2v) is 8.44. The van der Waals surface area contributed by atoms with Crippen LogP contribution in [0.25, 0.3) is 0 Å². The minimum atomic E-state index is -0.236.